The molecule has 0 spiro atoms. The molecular formula is C17H21N2O2+. The van der Waals surface area contributed by atoms with Crippen LogP contribution in [0.4, 0.5) is 5.69 Å². The van der Waals surface area contributed by atoms with E-state index in [1.54, 1.807) is 7.11 Å². The van der Waals surface area contributed by atoms with Crippen LogP contribution in [0.5, 0.6) is 5.75 Å². The van der Waals surface area contributed by atoms with E-state index in [-0.39, 0.29) is 11.9 Å². The lowest BCUT2D eigenvalue weighted by Crippen LogP contribution is -2.47. The Morgan fingerprint density at radius 2 is 1.90 bits per heavy atom. The lowest BCUT2D eigenvalue weighted by atomic mass is 10.2. The van der Waals surface area contributed by atoms with Crippen molar-refractivity contribution in [2.24, 2.45) is 0 Å². The van der Waals surface area contributed by atoms with E-state index in [1.807, 2.05) is 67.9 Å². The van der Waals surface area contributed by atoms with Crippen LogP contribution < -0.4 is 14.6 Å². The fourth-order valence-corrected chi connectivity index (χ4v) is 2.25. The van der Waals surface area contributed by atoms with Crippen molar-refractivity contribution in [1.82, 2.24) is 0 Å². The van der Waals surface area contributed by atoms with Gasteiger partial charge in [0, 0.05) is 25.5 Å². The summed E-state index contributed by atoms with van der Waals surface area (Å²) in [5, 5.41) is 2.92. The summed E-state index contributed by atoms with van der Waals surface area (Å²) in [7, 11) is 1.59. The van der Waals surface area contributed by atoms with Crippen molar-refractivity contribution in [3.05, 3.63) is 53.9 Å². The predicted octanol–water partition coefficient (Wildman–Crippen LogP) is 2.80. The molecule has 1 aromatic heterocycles. The summed E-state index contributed by atoms with van der Waals surface area (Å²) >= 11 is 0. The zero-order chi connectivity index (χ0) is 15.4. The molecular weight excluding hydrogens is 264 g/mol. The number of methoxy groups -OCH3 is 1. The molecule has 0 aliphatic heterocycles. The summed E-state index contributed by atoms with van der Waals surface area (Å²) in [5.41, 5.74) is 2.93. The van der Waals surface area contributed by atoms with Gasteiger partial charge in [0.15, 0.2) is 11.9 Å². The number of nitrogens with one attached hydrogen (secondary N) is 1. The van der Waals surface area contributed by atoms with Crippen LogP contribution in [-0.2, 0) is 4.79 Å². The number of hydrogen-bond donors (Lipinski definition) is 1. The number of pyridine rings is 1. The molecule has 1 N–H and O–H groups in total. The summed E-state index contributed by atoms with van der Waals surface area (Å²) in [6.45, 7) is 5.94. The van der Waals surface area contributed by atoms with Gasteiger partial charge in [-0.1, -0.05) is 12.1 Å². The topological polar surface area (TPSA) is 42.2 Å². The van der Waals surface area contributed by atoms with Gasteiger partial charge in [-0.05, 0) is 25.1 Å². The molecule has 2 rings (SSSR count). The smallest absolute Gasteiger partial charge is 0.293 e. The third-order valence-electron chi connectivity index (χ3n) is 3.71. The maximum atomic E-state index is 12.5. The van der Waals surface area contributed by atoms with Gasteiger partial charge in [0.2, 0.25) is 6.04 Å². The van der Waals surface area contributed by atoms with Crippen molar-refractivity contribution in [1.29, 1.82) is 0 Å². The minimum Gasteiger partial charge on any atom is -0.495 e. The molecule has 110 valence electrons. The molecule has 0 fully saturated rings. The zero-order valence-corrected chi connectivity index (χ0v) is 12.9. The van der Waals surface area contributed by atoms with Crippen LogP contribution in [0.1, 0.15) is 24.2 Å². The molecule has 0 aliphatic carbocycles. The average molecular weight is 285 g/mol. The Balaban J connectivity index is 2.22. The van der Waals surface area contributed by atoms with Gasteiger partial charge in [-0.25, -0.2) is 0 Å². The molecule has 21 heavy (non-hydrogen) atoms. The van der Waals surface area contributed by atoms with Gasteiger partial charge in [0.25, 0.3) is 5.91 Å². The van der Waals surface area contributed by atoms with E-state index in [4.69, 9.17) is 4.74 Å². The van der Waals surface area contributed by atoms with E-state index in [9.17, 15) is 4.79 Å². The van der Waals surface area contributed by atoms with Crippen molar-refractivity contribution in [3.63, 3.8) is 0 Å². The summed E-state index contributed by atoms with van der Waals surface area (Å²) in [4.78, 5) is 12.5. The molecule has 1 aromatic carbocycles. The van der Waals surface area contributed by atoms with Crippen LogP contribution in [0.3, 0.4) is 0 Å². The standard InChI is InChI=1S/C17H20N2O2/c1-12-8-7-11-19(13(12)2)14(3)17(20)18-15-9-5-6-10-16(15)21-4/h5-11,14H,1-4H3/p+1/t14-/m0/s1. The van der Waals surface area contributed by atoms with Crippen LogP contribution in [0.2, 0.25) is 0 Å². The normalized spacial score (nSPS) is 11.8. The molecule has 4 heteroatoms. The molecule has 2 aromatic rings. The predicted molar refractivity (Wildman–Crippen MR) is 82.4 cm³/mol. The largest absolute Gasteiger partial charge is 0.495 e. The number of aromatic nitrogens is 1. The van der Waals surface area contributed by atoms with Crippen LogP contribution in [0.15, 0.2) is 42.6 Å². The number of anilines is 1. The number of carbonyl (C=O) groups is 1. The van der Waals surface area contributed by atoms with Crippen molar-refractivity contribution in [2.45, 2.75) is 26.8 Å². The number of rotatable bonds is 4. The third kappa shape index (κ3) is 3.21. The first kappa shape index (κ1) is 15.0. The number of ether oxygens (including phenoxy) is 1. The Bertz CT molecular complexity index is 653. The molecule has 0 aliphatic rings. The van der Waals surface area contributed by atoms with Crippen LogP contribution in [0.25, 0.3) is 0 Å². The Morgan fingerprint density at radius 3 is 2.62 bits per heavy atom. The average Bonchev–Trinajstić information content (AvgIpc) is 2.50. The van der Waals surface area contributed by atoms with Gasteiger partial charge in [-0.15, -0.1) is 0 Å². The van der Waals surface area contributed by atoms with Crippen molar-refractivity contribution in [3.8, 4) is 5.75 Å². The summed E-state index contributed by atoms with van der Waals surface area (Å²) in [6.07, 6.45) is 1.93. The lowest BCUT2D eigenvalue weighted by Gasteiger charge is -2.13. The fourth-order valence-electron chi connectivity index (χ4n) is 2.25. The molecule has 1 amide bonds. The number of aryl methyl sites for hydroxylation is 1. The van der Waals surface area contributed by atoms with E-state index in [1.165, 1.54) is 0 Å². The highest BCUT2D eigenvalue weighted by atomic mass is 16.5. The van der Waals surface area contributed by atoms with Gasteiger partial charge in [0.05, 0.1) is 12.8 Å². The Hall–Kier alpha value is -2.36. The van der Waals surface area contributed by atoms with E-state index < -0.39 is 0 Å². The third-order valence-corrected chi connectivity index (χ3v) is 3.71. The maximum absolute atomic E-state index is 12.5. The highest BCUT2D eigenvalue weighted by Gasteiger charge is 2.25. The summed E-state index contributed by atoms with van der Waals surface area (Å²) < 4.78 is 7.23. The minimum absolute atomic E-state index is 0.0711. The van der Waals surface area contributed by atoms with Crippen molar-refractivity contribution < 1.29 is 14.1 Å². The molecule has 0 unspecified atom stereocenters. The second-order valence-electron chi connectivity index (χ2n) is 5.05. The van der Waals surface area contributed by atoms with Gasteiger partial charge < -0.3 is 10.1 Å². The van der Waals surface area contributed by atoms with Gasteiger partial charge in [-0.2, -0.15) is 4.57 Å². The molecule has 0 saturated carbocycles. The number of nitrogens with zero attached hydrogens (tertiary/aromatic N) is 1. The first-order chi connectivity index (χ1) is 10.0. The van der Waals surface area contributed by atoms with E-state index in [0.29, 0.717) is 11.4 Å². The van der Waals surface area contributed by atoms with E-state index in [2.05, 4.69) is 5.32 Å². The lowest BCUT2D eigenvalue weighted by molar-refractivity contribution is -0.711. The molecule has 0 radical (unpaired) electrons. The Morgan fingerprint density at radius 1 is 1.19 bits per heavy atom. The first-order valence-electron chi connectivity index (χ1n) is 6.96. The van der Waals surface area contributed by atoms with Gasteiger partial charge in [0.1, 0.15) is 5.75 Å². The van der Waals surface area contributed by atoms with Gasteiger partial charge >= 0.3 is 0 Å². The summed E-state index contributed by atoms with van der Waals surface area (Å²) in [6, 6.07) is 11.1. The number of para-hydroxylation sites is 2. The molecule has 1 atom stereocenters. The van der Waals surface area contributed by atoms with Crippen LogP contribution in [-0.4, -0.2) is 13.0 Å². The van der Waals surface area contributed by atoms with Crippen LogP contribution in [0, 0.1) is 13.8 Å². The highest BCUT2D eigenvalue weighted by molar-refractivity contribution is 5.93. The Kier molecular flexibility index (Phi) is 4.58. The minimum atomic E-state index is -0.296. The quantitative estimate of drug-likeness (QED) is 0.878. The van der Waals surface area contributed by atoms with Gasteiger partial charge in [-0.3, -0.25) is 4.79 Å². The number of amides is 1. The first-order valence-corrected chi connectivity index (χ1v) is 6.96. The number of carbonyl (C=O) groups excluding carboxylic acids is 1. The zero-order valence-electron chi connectivity index (χ0n) is 12.9. The van der Waals surface area contributed by atoms with Crippen molar-refractivity contribution >= 4 is 11.6 Å². The van der Waals surface area contributed by atoms with Crippen molar-refractivity contribution in [2.75, 3.05) is 12.4 Å². The van der Waals surface area contributed by atoms with E-state index in [0.717, 1.165) is 11.3 Å². The fraction of sp³-hybridized carbons (Fsp3) is 0.294. The monoisotopic (exact) mass is 285 g/mol. The second-order valence-corrected chi connectivity index (χ2v) is 5.05. The second kappa shape index (κ2) is 6.39. The highest BCUT2D eigenvalue weighted by Crippen LogP contribution is 2.23. The molecule has 0 bridgehead atoms. The molecule has 0 saturated heterocycles. The Labute approximate surface area is 125 Å². The number of benzene rings is 1. The summed E-state index contributed by atoms with van der Waals surface area (Å²) in [5.74, 6) is 0.585. The van der Waals surface area contributed by atoms with E-state index >= 15 is 0 Å². The number of hydrogen-bond acceptors (Lipinski definition) is 2. The maximum Gasteiger partial charge on any atom is 0.293 e. The van der Waals surface area contributed by atoms with Crippen LogP contribution >= 0.6 is 0 Å². The molecule has 1 heterocycles. The SMILES string of the molecule is COc1ccccc1NC(=O)[C@H](C)[n+]1cccc(C)c1C. The molecule has 4 nitrogen and oxygen atoms in total.